The molecule has 1 unspecified atom stereocenters. The SMILES string of the molecule is CCC(NCc1cc[nH]c1)c1cccc(Cl)c1. The number of aromatic nitrogens is 1. The molecule has 17 heavy (non-hydrogen) atoms. The van der Waals surface area contributed by atoms with E-state index < -0.39 is 0 Å². The summed E-state index contributed by atoms with van der Waals surface area (Å²) >= 11 is 6.01. The van der Waals surface area contributed by atoms with Crippen molar-refractivity contribution in [3.05, 3.63) is 58.9 Å². The fourth-order valence-electron chi connectivity index (χ4n) is 1.93. The first-order chi connectivity index (χ1) is 8.29. The van der Waals surface area contributed by atoms with E-state index in [0.717, 1.165) is 18.0 Å². The van der Waals surface area contributed by atoms with E-state index in [2.05, 4.69) is 29.4 Å². The summed E-state index contributed by atoms with van der Waals surface area (Å²) in [6.45, 7) is 3.05. The second-order valence-electron chi connectivity index (χ2n) is 4.12. The lowest BCUT2D eigenvalue weighted by Crippen LogP contribution is -2.19. The molecule has 2 nitrogen and oxygen atoms in total. The predicted molar refractivity (Wildman–Crippen MR) is 72.1 cm³/mol. The molecule has 90 valence electrons. The van der Waals surface area contributed by atoms with Crippen molar-refractivity contribution in [3.63, 3.8) is 0 Å². The van der Waals surface area contributed by atoms with Crippen LogP contribution < -0.4 is 5.32 Å². The Labute approximate surface area is 107 Å². The fraction of sp³-hybridized carbons (Fsp3) is 0.286. The summed E-state index contributed by atoms with van der Waals surface area (Å²) in [5.74, 6) is 0. The van der Waals surface area contributed by atoms with Gasteiger partial charge in [-0.15, -0.1) is 0 Å². The smallest absolute Gasteiger partial charge is 0.0409 e. The quantitative estimate of drug-likeness (QED) is 0.825. The summed E-state index contributed by atoms with van der Waals surface area (Å²) in [4.78, 5) is 3.06. The summed E-state index contributed by atoms with van der Waals surface area (Å²) in [5.41, 5.74) is 2.51. The van der Waals surface area contributed by atoms with Gasteiger partial charge in [-0.25, -0.2) is 0 Å². The van der Waals surface area contributed by atoms with E-state index in [4.69, 9.17) is 11.6 Å². The Balaban J connectivity index is 2.01. The summed E-state index contributed by atoms with van der Waals surface area (Å²) in [6.07, 6.45) is 5.00. The van der Waals surface area contributed by atoms with E-state index in [-0.39, 0.29) is 0 Å². The minimum Gasteiger partial charge on any atom is -0.367 e. The van der Waals surface area contributed by atoms with Crippen molar-refractivity contribution in [2.24, 2.45) is 0 Å². The molecule has 0 aliphatic rings. The van der Waals surface area contributed by atoms with Crippen molar-refractivity contribution in [1.29, 1.82) is 0 Å². The monoisotopic (exact) mass is 248 g/mol. The number of H-pyrrole nitrogens is 1. The van der Waals surface area contributed by atoms with Crippen LogP contribution in [-0.4, -0.2) is 4.98 Å². The Kier molecular flexibility index (Phi) is 4.24. The molecule has 0 aliphatic heterocycles. The second-order valence-corrected chi connectivity index (χ2v) is 4.55. The molecule has 0 fully saturated rings. The maximum absolute atomic E-state index is 6.01. The summed E-state index contributed by atoms with van der Waals surface area (Å²) < 4.78 is 0. The Morgan fingerprint density at radius 2 is 2.24 bits per heavy atom. The first-order valence-electron chi connectivity index (χ1n) is 5.90. The maximum atomic E-state index is 6.01. The van der Waals surface area contributed by atoms with Gasteiger partial charge in [-0.3, -0.25) is 0 Å². The third kappa shape index (κ3) is 3.35. The molecular weight excluding hydrogens is 232 g/mol. The van der Waals surface area contributed by atoms with Gasteiger partial charge in [0.2, 0.25) is 0 Å². The number of aromatic amines is 1. The van der Waals surface area contributed by atoms with Crippen LogP contribution in [0, 0.1) is 0 Å². The predicted octanol–water partition coefficient (Wildman–Crippen LogP) is 3.91. The molecule has 2 rings (SSSR count). The van der Waals surface area contributed by atoms with E-state index >= 15 is 0 Å². The second kappa shape index (κ2) is 5.89. The molecular formula is C14H17ClN2. The molecule has 1 aromatic carbocycles. The third-order valence-corrected chi connectivity index (χ3v) is 3.11. The molecule has 0 amide bonds. The minimum atomic E-state index is 0.351. The minimum absolute atomic E-state index is 0.351. The highest BCUT2D eigenvalue weighted by atomic mass is 35.5. The molecule has 3 heteroatoms. The van der Waals surface area contributed by atoms with E-state index in [1.807, 2.05) is 30.6 Å². The van der Waals surface area contributed by atoms with Crippen molar-refractivity contribution < 1.29 is 0 Å². The van der Waals surface area contributed by atoms with Crippen LogP contribution in [0.4, 0.5) is 0 Å². The average Bonchev–Trinajstić information content (AvgIpc) is 2.83. The van der Waals surface area contributed by atoms with Gasteiger partial charge in [0.1, 0.15) is 0 Å². The van der Waals surface area contributed by atoms with Gasteiger partial charge in [-0.2, -0.15) is 0 Å². The Morgan fingerprint density at radius 3 is 2.88 bits per heavy atom. The first kappa shape index (κ1) is 12.2. The van der Waals surface area contributed by atoms with Crippen molar-refractivity contribution in [2.75, 3.05) is 0 Å². The Hall–Kier alpha value is -1.25. The van der Waals surface area contributed by atoms with Crippen LogP contribution in [-0.2, 0) is 6.54 Å². The average molecular weight is 249 g/mol. The standard InChI is InChI=1S/C14H17ClN2/c1-2-14(12-4-3-5-13(15)8-12)17-10-11-6-7-16-9-11/h3-9,14,16-17H,2,10H2,1H3. The Morgan fingerprint density at radius 1 is 1.35 bits per heavy atom. The molecule has 2 aromatic rings. The molecule has 0 aliphatic carbocycles. The highest BCUT2D eigenvalue weighted by Crippen LogP contribution is 2.20. The van der Waals surface area contributed by atoms with Gasteiger partial charge in [0, 0.05) is 30.0 Å². The lowest BCUT2D eigenvalue weighted by atomic mass is 10.0. The summed E-state index contributed by atoms with van der Waals surface area (Å²) in [7, 11) is 0. The maximum Gasteiger partial charge on any atom is 0.0409 e. The lowest BCUT2D eigenvalue weighted by Gasteiger charge is -2.17. The van der Waals surface area contributed by atoms with Gasteiger partial charge < -0.3 is 10.3 Å². The first-order valence-corrected chi connectivity index (χ1v) is 6.28. The van der Waals surface area contributed by atoms with Gasteiger partial charge in [0.15, 0.2) is 0 Å². The lowest BCUT2D eigenvalue weighted by molar-refractivity contribution is 0.519. The third-order valence-electron chi connectivity index (χ3n) is 2.87. The molecule has 2 N–H and O–H groups in total. The number of hydrogen-bond donors (Lipinski definition) is 2. The van der Waals surface area contributed by atoms with Crippen LogP contribution in [0.5, 0.6) is 0 Å². The Bertz CT molecular complexity index is 451. The van der Waals surface area contributed by atoms with Crippen LogP contribution in [0.1, 0.15) is 30.5 Å². The van der Waals surface area contributed by atoms with Crippen molar-refractivity contribution in [3.8, 4) is 0 Å². The normalized spacial score (nSPS) is 12.6. The van der Waals surface area contributed by atoms with Gasteiger partial charge in [-0.1, -0.05) is 30.7 Å². The number of nitrogens with one attached hydrogen (secondary N) is 2. The van der Waals surface area contributed by atoms with Crippen LogP contribution >= 0.6 is 11.6 Å². The molecule has 0 radical (unpaired) electrons. The number of rotatable bonds is 5. The zero-order valence-corrected chi connectivity index (χ0v) is 10.7. The topological polar surface area (TPSA) is 27.8 Å². The number of benzene rings is 1. The van der Waals surface area contributed by atoms with Crippen LogP contribution in [0.2, 0.25) is 5.02 Å². The molecule has 1 heterocycles. The van der Waals surface area contributed by atoms with E-state index in [9.17, 15) is 0 Å². The fourth-order valence-corrected chi connectivity index (χ4v) is 2.13. The molecule has 1 aromatic heterocycles. The van der Waals surface area contributed by atoms with Crippen molar-refractivity contribution >= 4 is 11.6 Å². The summed E-state index contributed by atoms with van der Waals surface area (Å²) in [5, 5.41) is 4.33. The number of hydrogen-bond acceptors (Lipinski definition) is 1. The largest absolute Gasteiger partial charge is 0.367 e. The van der Waals surface area contributed by atoms with Crippen molar-refractivity contribution in [1.82, 2.24) is 10.3 Å². The van der Waals surface area contributed by atoms with Crippen LogP contribution in [0.25, 0.3) is 0 Å². The van der Waals surface area contributed by atoms with Gasteiger partial charge in [0.05, 0.1) is 0 Å². The van der Waals surface area contributed by atoms with Crippen LogP contribution in [0.15, 0.2) is 42.7 Å². The number of halogens is 1. The molecule has 0 saturated heterocycles. The van der Waals surface area contributed by atoms with Crippen molar-refractivity contribution in [2.45, 2.75) is 25.9 Å². The molecule has 0 bridgehead atoms. The van der Waals surface area contributed by atoms with E-state index in [1.54, 1.807) is 0 Å². The van der Waals surface area contributed by atoms with Gasteiger partial charge >= 0.3 is 0 Å². The van der Waals surface area contributed by atoms with E-state index in [0.29, 0.717) is 6.04 Å². The zero-order chi connectivity index (χ0) is 12.1. The molecule has 0 saturated carbocycles. The molecule has 0 spiro atoms. The molecule has 1 atom stereocenters. The van der Waals surface area contributed by atoms with E-state index in [1.165, 1.54) is 11.1 Å². The van der Waals surface area contributed by atoms with Gasteiger partial charge in [0.25, 0.3) is 0 Å². The highest BCUT2D eigenvalue weighted by Gasteiger charge is 2.08. The van der Waals surface area contributed by atoms with Gasteiger partial charge in [-0.05, 0) is 35.7 Å². The summed E-state index contributed by atoms with van der Waals surface area (Å²) in [6, 6.07) is 10.5. The zero-order valence-electron chi connectivity index (χ0n) is 9.91. The van der Waals surface area contributed by atoms with Crippen LogP contribution in [0.3, 0.4) is 0 Å². The highest BCUT2D eigenvalue weighted by molar-refractivity contribution is 6.30.